The van der Waals surface area contributed by atoms with Gasteiger partial charge in [0.1, 0.15) is 6.61 Å². The highest BCUT2D eigenvalue weighted by Crippen LogP contribution is 2.21. The van der Waals surface area contributed by atoms with E-state index in [0.717, 1.165) is 27.6 Å². The molecule has 0 aliphatic heterocycles. The summed E-state index contributed by atoms with van der Waals surface area (Å²) < 4.78 is 10.1. The molecule has 0 fully saturated rings. The molecule has 3 aromatic rings. The zero-order chi connectivity index (χ0) is 18.5. The Labute approximate surface area is 151 Å². The molecule has 0 aliphatic carbocycles. The molecule has 0 saturated heterocycles. The van der Waals surface area contributed by atoms with Crippen molar-refractivity contribution in [2.24, 2.45) is 5.92 Å². The van der Waals surface area contributed by atoms with Gasteiger partial charge in [-0.15, -0.1) is 0 Å². The smallest absolute Gasteiger partial charge is 0.321 e. The number of hydrogen-bond donors (Lipinski definition) is 1. The molecule has 0 saturated carbocycles. The molecule has 6 heteroatoms. The molecule has 1 heterocycles. The summed E-state index contributed by atoms with van der Waals surface area (Å²) in [6.07, 6.45) is 1.93. The number of esters is 2. The summed E-state index contributed by atoms with van der Waals surface area (Å²) in [6, 6.07) is 13.2. The van der Waals surface area contributed by atoms with E-state index in [2.05, 4.69) is 10.2 Å². The number of carbonyl (C=O) groups excluding carboxylic acids is 2. The van der Waals surface area contributed by atoms with E-state index in [1.807, 2.05) is 49.4 Å². The van der Waals surface area contributed by atoms with Gasteiger partial charge in [0, 0.05) is 5.39 Å². The van der Waals surface area contributed by atoms with E-state index in [9.17, 15) is 9.59 Å². The quantitative estimate of drug-likeness (QED) is 0.545. The molecule has 0 amide bonds. The van der Waals surface area contributed by atoms with Crippen LogP contribution in [0.1, 0.15) is 16.7 Å². The van der Waals surface area contributed by atoms with Gasteiger partial charge in [-0.25, -0.2) is 0 Å². The van der Waals surface area contributed by atoms with Gasteiger partial charge in [0.05, 0.1) is 18.8 Å². The minimum atomic E-state index is -1.01. The van der Waals surface area contributed by atoms with Gasteiger partial charge in [0.2, 0.25) is 0 Å². The third-order valence-electron chi connectivity index (χ3n) is 4.24. The Morgan fingerprint density at radius 1 is 1.12 bits per heavy atom. The van der Waals surface area contributed by atoms with E-state index in [1.54, 1.807) is 6.20 Å². The minimum absolute atomic E-state index is 0.118. The van der Waals surface area contributed by atoms with Crippen LogP contribution in [0.15, 0.2) is 48.7 Å². The first kappa shape index (κ1) is 17.7. The number of nitrogens with one attached hydrogen (secondary N) is 1. The predicted octanol–water partition coefficient (Wildman–Crippen LogP) is 2.95. The van der Waals surface area contributed by atoms with Gasteiger partial charge < -0.3 is 9.47 Å². The lowest BCUT2D eigenvalue weighted by Gasteiger charge is -2.15. The third kappa shape index (κ3) is 3.91. The van der Waals surface area contributed by atoms with Crippen molar-refractivity contribution in [2.75, 3.05) is 7.11 Å². The van der Waals surface area contributed by atoms with Crippen molar-refractivity contribution in [3.8, 4) is 0 Å². The van der Waals surface area contributed by atoms with Crippen LogP contribution in [0.25, 0.3) is 10.9 Å². The molecule has 1 aromatic heterocycles. The van der Waals surface area contributed by atoms with Crippen LogP contribution < -0.4 is 0 Å². The van der Waals surface area contributed by atoms with Crippen LogP contribution in [-0.2, 0) is 32.1 Å². The van der Waals surface area contributed by atoms with Crippen LogP contribution in [0.3, 0.4) is 0 Å². The fraction of sp³-hybridized carbons (Fsp3) is 0.250. The molecule has 0 aliphatic rings. The van der Waals surface area contributed by atoms with E-state index in [1.165, 1.54) is 7.11 Å². The van der Waals surface area contributed by atoms with Crippen molar-refractivity contribution in [1.29, 1.82) is 0 Å². The minimum Gasteiger partial charge on any atom is -0.468 e. The van der Waals surface area contributed by atoms with Crippen LogP contribution >= 0.6 is 0 Å². The zero-order valence-corrected chi connectivity index (χ0v) is 14.7. The van der Waals surface area contributed by atoms with Crippen LogP contribution in [0, 0.1) is 12.8 Å². The predicted molar refractivity (Wildman–Crippen MR) is 96.3 cm³/mol. The lowest BCUT2D eigenvalue weighted by molar-refractivity contribution is -0.161. The Balaban J connectivity index is 1.76. The number of benzene rings is 2. The molecule has 1 atom stereocenters. The molecule has 0 unspecified atom stereocenters. The fourth-order valence-electron chi connectivity index (χ4n) is 2.90. The Bertz CT molecular complexity index is 918. The molecule has 0 spiro atoms. The SMILES string of the molecule is COC(=O)[C@@H](Cc1cc(C)c2[nH]ncc2c1)C(=O)OCc1ccccc1. The van der Waals surface area contributed by atoms with Gasteiger partial charge in [-0.1, -0.05) is 36.4 Å². The van der Waals surface area contributed by atoms with Crippen molar-refractivity contribution in [3.05, 3.63) is 65.4 Å². The first-order valence-electron chi connectivity index (χ1n) is 8.29. The number of ether oxygens (including phenoxy) is 2. The monoisotopic (exact) mass is 352 g/mol. The highest BCUT2D eigenvalue weighted by Gasteiger charge is 2.29. The van der Waals surface area contributed by atoms with Gasteiger partial charge in [0.15, 0.2) is 5.92 Å². The van der Waals surface area contributed by atoms with E-state index < -0.39 is 17.9 Å². The molecule has 3 rings (SSSR count). The summed E-state index contributed by atoms with van der Waals surface area (Å²) in [5.41, 5.74) is 3.65. The first-order valence-corrected chi connectivity index (χ1v) is 8.29. The maximum atomic E-state index is 12.5. The second kappa shape index (κ2) is 7.82. The van der Waals surface area contributed by atoms with Gasteiger partial charge in [0.25, 0.3) is 0 Å². The molecular formula is C20H20N2O4. The Hall–Kier alpha value is -3.15. The standard InChI is InChI=1S/C20H20N2O4/c1-13-8-15(9-16-11-21-22-18(13)16)10-17(19(23)25-2)20(24)26-12-14-6-4-3-5-7-14/h3-9,11,17H,10,12H2,1-2H3,(H,21,22)/t17-/m1/s1. The highest BCUT2D eigenvalue weighted by molar-refractivity contribution is 5.95. The van der Waals surface area contributed by atoms with Gasteiger partial charge in [-0.3, -0.25) is 14.7 Å². The van der Waals surface area contributed by atoms with E-state index >= 15 is 0 Å². The van der Waals surface area contributed by atoms with E-state index in [-0.39, 0.29) is 13.0 Å². The number of nitrogens with zero attached hydrogens (tertiary/aromatic N) is 1. The second-order valence-electron chi connectivity index (χ2n) is 6.12. The molecular weight excluding hydrogens is 332 g/mol. The number of carbonyl (C=O) groups is 2. The molecule has 1 N–H and O–H groups in total. The number of hydrogen-bond acceptors (Lipinski definition) is 5. The van der Waals surface area contributed by atoms with Crippen LogP contribution in [0.5, 0.6) is 0 Å². The van der Waals surface area contributed by atoms with Crippen LogP contribution in [0.2, 0.25) is 0 Å². The van der Waals surface area contributed by atoms with Crippen molar-refractivity contribution in [1.82, 2.24) is 10.2 Å². The van der Waals surface area contributed by atoms with Crippen molar-refractivity contribution < 1.29 is 19.1 Å². The van der Waals surface area contributed by atoms with Gasteiger partial charge in [-0.2, -0.15) is 5.10 Å². The number of aryl methyl sites for hydroxylation is 1. The maximum absolute atomic E-state index is 12.5. The maximum Gasteiger partial charge on any atom is 0.321 e. The normalized spacial score (nSPS) is 11.9. The topological polar surface area (TPSA) is 81.3 Å². The second-order valence-corrected chi connectivity index (χ2v) is 6.12. The zero-order valence-electron chi connectivity index (χ0n) is 14.7. The van der Waals surface area contributed by atoms with Crippen molar-refractivity contribution in [3.63, 3.8) is 0 Å². The Morgan fingerprint density at radius 3 is 2.62 bits per heavy atom. The molecule has 0 bridgehead atoms. The van der Waals surface area contributed by atoms with Gasteiger partial charge >= 0.3 is 11.9 Å². The number of rotatable bonds is 6. The fourth-order valence-corrected chi connectivity index (χ4v) is 2.90. The summed E-state index contributed by atoms with van der Waals surface area (Å²) >= 11 is 0. The summed E-state index contributed by atoms with van der Waals surface area (Å²) in [5, 5.41) is 7.89. The van der Waals surface area contributed by atoms with E-state index in [4.69, 9.17) is 9.47 Å². The number of aromatic nitrogens is 2. The van der Waals surface area contributed by atoms with Crippen molar-refractivity contribution in [2.45, 2.75) is 20.0 Å². The number of H-pyrrole nitrogens is 1. The first-order chi connectivity index (χ1) is 12.6. The number of fused-ring (bicyclic) bond motifs is 1. The van der Waals surface area contributed by atoms with Crippen LogP contribution in [0.4, 0.5) is 0 Å². The molecule has 134 valence electrons. The number of aromatic amines is 1. The third-order valence-corrected chi connectivity index (χ3v) is 4.24. The van der Waals surface area contributed by atoms with Crippen LogP contribution in [-0.4, -0.2) is 29.2 Å². The lowest BCUT2D eigenvalue weighted by atomic mass is 9.97. The summed E-state index contributed by atoms with van der Waals surface area (Å²) in [5.74, 6) is -2.20. The Kier molecular flexibility index (Phi) is 5.31. The summed E-state index contributed by atoms with van der Waals surface area (Å²) in [7, 11) is 1.27. The summed E-state index contributed by atoms with van der Waals surface area (Å²) in [6.45, 7) is 2.07. The average molecular weight is 352 g/mol. The highest BCUT2D eigenvalue weighted by atomic mass is 16.5. The molecule has 26 heavy (non-hydrogen) atoms. The molecule has 2 aromatic carbocycles. The largest absolute Gasteiger partial charge is 0.468 e. The van der Waals surface area contributed by atoms with E-state index in [0.29, 0.717) is 0 Å². The molecule has 0 radical (unpaired) electrons. The van der Waals surface area contributed by atoms with Gasteiger partial charge in [-0.05, 0) is 36.1 Å². The van der Waals surface area contributed by atoms with Crippen molar-refractivity contribution >= 4 is 22.8 Å². The summed E-state index contributed by atoms with van der Waals surface area (Å²) in [4.78, 5) is 24.6. The number of methoxy groups -OCH3 is 1. The Morgan fingerprint density at radius 2 is 1.88 bits per heavy atom. The lowest BCUT2D eigenvalue weighted by Crippen LogP contribution is -2.29. The average Bonchev–Trinajstić information content (AvgIpc) is 3.13. The molecule has 6 nitrogen and oxygen atoms in total.